The lowest BCUT2D eigenvalue weighted by atomic mass is 9.85. The summed E-state index contributed by atoms with van der Waals surface area (Å²) in [6.45, 7) is 5.86. The van der Waals surface area contributed by atoms with Crippen molar-refractivity contribution in [2.45, 2.75) is 51.7 Å². The van der Waals surface area contributed by atoms with Crippen LogP contribution in [-0.2, 0) is 14.6 Å². The van der Waals surface area contributed by atoms with Gasteiger partial charge in [-0.15, -0.1) is 0 Å². The van der Waals surface area contributed by atoms with Gasteiger partial charge >= 0.3 is 0 Å². The van der Waals surface area contributed by atoms with Crippen molar-refractivity contribution in [1.82, 2.24) is 9.78 Å². The van der Waals surface area contributed by atoms with Crippen LogP contribution in [0.25, 0.3) is 0 Å². The molecule has 3 heterocycles. The summed E-state index contributed by atoms with van der Waals surface area (Å²) in [6.07, 6.45) is 0.913. The second-order valence-electron chi connectivity index (χ2n) is 7.89. The SMILES string of the molecule is Cc1nn([C@H]2CCS(=O)(=O)C2)c2c1[C@@H](c1cccc(OC(C)C)c1)CC(=O)N2. The quantitative estimate of drug-likeness (QED) is 0.848. The van der Waals surface area contributed by atoms with E-state index in [0.29, 0.717) is 18.7 Å². The van der Waals surface area contributed by atoms with Gasteiger partial charge in [-0.1, -0.05) is 12.1 Å². The molecule has 2 aliphatic rings. The third-order valence-electron chi connectivity index (χ3n) is 5.31. The summed E-state index contributed by atoms with van der Waals surface area (Å²) in [5, 5.41) is 7.56. The van der Waals surface area contributed by atoms with Gasteiger partial charge in [0.25, 0.3) is 0 Å². The molecule has 0 radical (unpaired) electrons. The Morgan fingerprint density at radius 3 is 2.79 bits per heavy atom. The largest absolute Gasteiger partial charge is 0.491 e. The fraction of sp³-hybridized carbons (Fsp3) is 0.500. The van der Waals surface area contributed by atoms with Crippen molar-refractivity contribution in [2.24, 2.45) is 0 Å². The van der Waals surface area contributed by atoms with Crippen LogP contribution in [0, 0.1) is 6.92 Å². The molecule has 28 heavy (non-hydrogen) atoms. The van der Waals surface area contributed by atoms with Crippen molar-refractivity contribution in [1.29, 1.82) is 0 Å². The highest BCUT2D eigenvalue weighted by atomic mass is 32.2. The summed E-state index contributed by atoms with van der Waals surface area (Å²) in [7, 11) is -3.05. The van der Waals surface area contributed by atoms with E-state index in [1.165, 1.54) is 0 Å². The Morgan fingerprint density at radius 1 is 1.32 bits per heavy atom. The van der Waals surface area contributed by atoms with Crippen molar-refractivity contribution < 1.29 is 17.9 Å². The molecule has 1 fully saturated rings. The molecular weight excluding hydrogens is 378 g/mol. The predicted octanol–water partition coefficient (Wildman–Crippen LogP) is 2.81. The van der Waals surface area contributed by atoms with E-state index in [0.717, 1.165) is 22.6 Å². The van der Waals surface area contributed by atoms with E-state index in [-0.39, 0.29) is 35.5 Å². The first kappa shape index (κ1) is 19.0. The maximum Gasteiger partial charge on any atom is 0.226 e. The van der Waals surface area contributed by atoms with Crippen molar-refractivity contribution in [3.63, 3.8) is 0 Å². The van der Waals surface area contributed by atoms with Crippen LogP contribution in [-0.4, -0.2) is 41.7 Å². The molecule has 1 aromatic heterocycles. The smallest absolute Gasteiger partial charge is 0.226 e. The Morgan fingerprint density at radius 2 is 2.11 bits per heavy atom. The normalized spacial score (nSPS) is 23.5. The number of anilines is 1. The lowest BCUT2D eigenvalue weighted by Gasteiger charge is -2.26. The van der Waals surface area contributed by atoms with Crippen LogP contribution < -0.4 is 10.1 Å². The Labute approximate surface area is 165 Å². The number of hydrogen-bond acceptors (Lipinski definition) is 5. The topological polar surface area (TPSA) is 90.3 Å². The number of carbonyl (C=O) groups excluding carboxylic acids is 1. The van der Waals surface area contributed by atoms with Crippen LogP contribution in [0.15, 0.2) is 24.3 Å². The Bertz CT molecular complexity index is 1030. The van der Waals surface area contributed by atoms with Crippen molar-refractivity contribution >= 4 is 21.6 Å². The first-order valence-electron chi connectivity index (χ1n) is 9.59. The maximum atomic E-state index is 12.5. The molecule has 1 amide bonds. The first-order valence-corrected chi connectivity index (χ1v) is 11.4. The molecule has 2 aromatic rings. The van der Waals surface area contributed by atoms with Gasteiger partial charge < -0.3 is 10.1 Å². The number of aryl methyl sites for hydroxylation is 1. The summed E-state index contributed by atoms with van der Waals surface area (Å²) < 4.78 is 31.4. The Balaban J connectivity index is 1.75. The summed E-state index contributed by atoms with van der Waals surface area (Å²) >= 11 is 0. The highest BCUT2D eigenvalue weighted by Gasteiger charge is 2.37. The molecule has 1 aromatic carbocycles. The number of rotatable bonds is 4. The van der Waals surface area contributed by atoms with Gasteiger partial charge in [0.1, 0.15) is 11.6 Å². The predicted molar refractivity (Wildman–Crippen MR) is 107 cm³/mol. The summed E-state index contributed by atoms with van der Waals surface area (Å²) in [5.41, 5.74) is 2.78. The molecule has 150 valence electrons. The fourth-order valence-corrected chi connectivity index (χ4v) is 5.86. The third-order valence-corrected chi connectivity index (χ3v) is 7.06. The van der Waals surface area contributed by atoms with Gasteiger partial charge in [0, 0.05) is 17.9 Å². The number of benzene rings is 1. The number of nitrogens with one attached hydrogen (secondary N) is 1. The average molecular weight is 404 g/mol. The standard InChI is InChI=1S/C20H25N3O4S/c1-12(2)27-16-6-4-5-14(9-16)17-10-18(24)21-20-19(17)13(3)22-23(20)15-7-8-28(25,26)11-15/h4-6,9,12,15,17H,7-8,10-11H2,1-3H3,(H,21,24)/t15-,17+/m0/s1. The van der Waals surface area contributed by atoms with Crippen molar-refractivity contribution in [2.75, 3.05) is 16.8 Å². The molecule has 0 spiro atoms. The molecule has 1 saturated heterocycles. The molecule has 0 bridgehead atoms. The monoisotopic (exact) mass is 403 g/mol. The Kier molecular flexibility index (Phi) is 4.69. The second-order valence-corrected chi connectivity index (χ2v) is 10.1. The number of amides is 1. The molecule has 7 nitrogen and oxygen atoms in total. The van der Waals surface area contributed by atoms with Gasteiger partial charge in [-0.05, 0) is 44.9 Å². The van der Waals surface area contributed by atoms with E-state index >= 15 is 0 Å². The highest BCUT2D eigenvalue weighted by Crippen LogP contribution is 2.42. The van der Waals surface area contributed by atoms with Crippen LogP contribution >= 0.6 is 0 Å². The van der Waals surface area contributed by atoms with Crippen LogP contribution in [0.1, 0.15) is 55.5 Å². The van der Waals surface area contributed by atoms with E-state index in [1.54, 1.807) is 4.68 Å². The summed E-state index contributed by atoms with van der Waals surface area (Å²) in [6, 6.07) is 7.58. The molecule has 0 saturated carbocycles. The average Bonchev–Trinajstić information content (AvgIpc) is 3.13. The third kappa shape index (κ3) is 3.53. The summed E-state index contributed by atoms with van der Waals surface area (Å²) in [4.78, 5) is 12.5. The maximum absolute atomic E-state index is 12.5. The van der Waals surface area contributed by atoms with Gasteiger partial charge in [-0.3, -0.25) is 4.79 Å². The van der Waals surface area contributed by atoms with Crippen molar-refractivity contribution in [3.05, 3.63) is 41.1 Å². The van der Waals surface area contributed by atoms with E-state index in [2.05, 4.69) is 10.4 Å². The minimum atomic E-state index is -3.05. The van der Waals surface area contributed by atoms with Gasteiger partial charge in [-0.2, -0.15) is 5.10 Å². The van der Waals surface area contributed by atoms with Gasteiger partial charge in [0.05, 0.1) is 29.3 Å². The summed E-state index contributed by atoms with van der Waals surface area (Å²) in [5.74, 6) is 1.42. The van der Waals surface area contributed by atoms with E-state index < -0.39 is 9.84 Å². The molecule has 0 aliphatic carbocycles. The molecule has 8 heteroatoms. The molecule has 0 unspecified atom stereocenters. The second kappa shape index (κ2) is 6.92. The van der Waals surface area contributed by atoms with Gasteiger partial charge in [0.15, 0.2) is 9.84 Å². The van der Waals surface area contributed by atoms with E-state index in [9.17, 15) is 13.2 Å². The molecular formula is C20H25N3O4S. The molecule has 2 aliphatic heterocycles. The lowest BCUT2D eigenvalue weighted by molar-refractivity contribution is -0.116. The number of aromatic nitrogens is 2. The number of sulfone groups is 1. The van der Waals surface area contributed by atoms with Crippen molar-refractivity contribution in [3.8, 4) is 5.75 Å². The molecule has 2 atom stereocenters. The number of nitrogens with zero attached hydrogens (tertiary/aromatic N) is 2. The highest BCUT2D eigenvalue weighted by molar-refractivity contribution is 7.91. The number of ether oxygens (including phenoxy) is 1. The van der Waals surface area contributed by atoms with Gasteiger partial charge in [0.2, 0.25) is 5.91 Å². The van der Waals surface area contributed by atoms with Crippen LogP contribution in [0.2, 0.25) is 0 Å². The van der Waals surface area contributed by atoms with Crippen LogP contribution in [0.5, 0.6) is 5.75 Å². The lowest BCUT2D eigenvalue weighted by Crippen LogP contribution is -2.26. The Hall–Kier alpha value is -2.35. The number of fused-ring (bicyclic) bond motifs is 1. The fourth-order valence-electron chi connectivity index (χ4n) is 4.17. The van der Waals surface area contributed by atoms with E-state index in [4.69, 9.17) is 4.74 Å². The minimum Gasteiger partial charge on any atom is -0.491 e. The van der Waals surface area contributed by atoms with E-state index in [1.807, 2.05) is 45.0 Å². The van der Waals surface area contributed by atoms with Crippen LogP contribution in [0.3, 0.4) is 0 Å². The number of carbonyl (C=O) groups is 1. The van der Waals surface area contributed by atoms with Gasteiger partial charge in [-0.25, -0.2) is 13.1 Å². The zero-order chi connectivity index (χ0) is 20.1. The zero-order valence-electron chi connectivity index (χ0n) is 16.3. The van der Waals surface area contributed by atoms with Crippen LogP contribution in [0.4, 0.5) is 5.82 Å². The number of hydrogen-bond donors (Lipinski definition) is 1. The molecule has 4 rings (SSSR count). The first-order chi connectivity index (χ1) is 13.2. The zero-order valence-corrected chi connectivity index (χ0v) is 17.1. The molecule has 1 N–H and O–H groups in total. The minimum absolute atomic E-state index is 0.0641.